The summed E-state index contributed by atoms with van der Waals surface area (Å²) in [4.78, 5) is 24.3. The Hall–Kier alpha value is -3.25. The van der Waals surface area contributed by atoms with Crippen LogP contribution in [0.5, 0.6) is 0 Å². The molecule has 3 aromatic rings. The average molecular weight is 423 g/mol. The van der Waals surface area contributed by atoms with Crippen molar-refractivity contribution < 1.29 is 22.7 Å². The van der Waals surface area contributed by atoms with Crippen molar-refractivity contribution in [1.29, 1.82) is 0 Å². The predicted molar refractivity (Wildman–Crippen MR) is 115 cm³/mol. The van der Waals surface area contributed by atoms with Crippen LogP contribution in [0.25, 0.3) is 11.1 Å². The Bertz CT molecular complexity index is 1120. The van der Waals surface area contributed by atoms with Crippen molar-refractivity contribution in [3.8, 4) is 11.1 Å². The number of benzene rings is 3. The molecule has 0 amide bonds. The molecule has 6 heteroatoms. The summed E-state index contributed by atoms with van der Waals surface area (Å²) in [6, 6.07) is 23.2. The third-order valence-corrected chi connectivity index (χ3v) is 6.37. The SMILES string of the molecule is Cc1ccc(S(=O)(=O)CCC(=O)OCC(=O)c2ccc(-c3ccccc3)cc2)cc1. The van der Waals surface area contributed by atoms with Gasteiger partial charge in [0.1, 0.15) is 0 Å². The summed E-state index contributed by atoms with van der Waals surface area (Å²) >= 11 is 0. The highest BCUT2D eigenvalue weighted by Crippen LogP contribution is 2.19. The summed E-state index contributed by atoms with van der Waals surface area (Å²) in [6.45, 7) is 1.44. The number of carbonyl (C=O) groups excluding carboxylic acids is 2. The van der Waals surface area contributed by atoms with Crippen molar-refractivity contribution in [3.05, 3.63) is 90.0 Å². The Balaban J connectivity index is 1.50. The molecular weight excluding hydrogens is 400 g/mol. The van der Waals surface area contributed by atoms with Gasteiger partial charge in [-0.2, -0.15) is 0 Å². The van der Waals surface area contributed by atoms with Gasteiger partial charge in [0.2, 0.25) is 0 Å². The maximum atomic E-state index is 12.3. The molecule has 0 aliphatic rings. The number of hydrogen-bond acceptors (Lipinski definition) is 5. The molecule has 0 saturated carbocycles. The van der Waals surface area contributed by atoms with E-state index in [2.05, 4.69) is 0 Å². The van der Waals surface area contributed by atoms with E-state index in [-0.39, 0.29) is 22.9 Å². The summed E-state index contributed by atoms with van der Waals surface area (Å²) in [7, 11) is -3.58. The number of carbonyl (C=O) groups is 2. The van der Waals surface area contributed by atoms with Crippen LogP contribution in [0.2, 0.25) is 0 Å². The Morgan fingerprint density at radius 3 is 2.03 bits per heavy atom. The van der Waals surface area contributed by atoms with E-state index in [1.54, 1.807) is 24.3 Å². The molecule has 0 spiro atoms. The van der Waals surface area contributed by atoms with Crippen LogP contribution in [-0.4, -0.2) is 32.5 Å². The minimum atomic E-state index is -3.58. The molecule has 0 aliphatic carbocycles. The Morgan fingerprint density at radius 1 is 0.800 bits per heavy atom. The molecule has 154 valence electrons. The molecule has 0 fully saturated rings. The van der Waals surface area contributed by atoms with Crippen LogP contribution in [0.3, 0.4) is 0 Å². The molecule has 0 saturated heterocycles. The molecule has 0 N–H and O–H groups in total. The molecule has 0 radical (unpaired) electrons. The lowest BCUT2D eigenvalue weighted by atomic mass is 10.0. The lowest BCUT2D eigenvalue weighted by molar-refractivity contribution is -0.142. The van der Waals surface area contributed by atoms with Gasteiger partial charge in [-0.3, -0.25) is 9.59 Å². The van der Waals surface area contributed by atoms with Gasteiger partial charge in [-0.1, -0.05) is 72.3 Å². The molecule has 0 aromatic heterocycles. The third kappa shape index (κ3) is 5.64. The second-order valence-corrected chi connectivity index (χ2v) is 9.02. The minimum Gasteiger partial charge on any atom is -0.457 e. The molecule has 0 bridgehead atoms. The minimum absolute atomic E-state index is 0.162. The normalized spacial score (nSPS) is 11.1. The van der Waals surface area contributed by atoms with E-state index in [1.165, 1.54) is 12.1 Å². The lowest BCUT2D eigenvalue weighted by Gasteiger charge is -2.07. The zero-order valence-electron chi connectivity index (χ0n) is 16.6. The van der Waals surface area contributed by atoms with Gasteiger partial charge in [-0.15, -0.1) is 0 Å². The van der Waals surface area contributed by atoms with Crippen LogP contribution in [0, 0.1) is 6.92 Å². The lowest BCUT2D eigenvalue weighted by Crippen LogP contribution is -2.17. The quantitative estimate of drug-likeness (QED) is 0.401. The van der Waals surface area contributed by atoms with Crippen molar-refractivity contribution >= 4 is 21.6 Å². The van der Waals surface area contributed by atoms with Gasteiger partial charge in [0, 0.05) is 5.56 Å². The summed E-state index contributed by atoms with van der Waals surface area (Å²) in [5.41, 5.74) is 3.39. The van der Waals surface area contributed by atoms with Crippen LogP contribution < -0.4 is 0 Å². The number of ketones is 1. The molecule has 0 aliphatic heterocycles. The van der Waals surface area contributed by atoms with Gasteiger partial charge >= 0.3 is 5.97 Å². The van der Waals surface area contributed by atoms with Crippen LogP contribution in [0.1, 0.15) is 22.3 Å². The molecule has 0 heterocycles. The van der Waals surface area contributed by atoms with E-state index >= 15 is 0 Å². The summed E-state index contributed by atoms with van der Waals surface area (Å²) < 4.78 is 29.5. The molecule has 5 nitrogen and oxygen atoms in total. The first kappa shape index (κ1) is 21.5. The maximum Gasteiger partial charge on any atom is 0.307 e. The fraction of sp³-hybridized carbons (Fsp3) is 0.167. The number of aryl methyl sites for hydroxylation is 1. The third-order valence-electron chi connectivity index (χ3n) is 4.63. The van der Waals surface area contributed by atoms with Crippen molar-refractivity contribution in [2.45, 2.75) is 18.2 Å². The van der Waals surface area contributed by atoms with E-state index in [0.717, 1.165) is 16.7 Å². The number of esters is 1. The van der Waals surface area contributed by atoms with Crippen LogP contribution in [0.15, 0.2) is 83.8 Å². The fourth-order valence-corrected chi connectivity index (χ4v) is 4.08. The van der Waals surface area contributed by atoms with Gasteiger partial charge in [-0.05, 0) is 30.2 Å². The summed E-state index contributed by atoms with van der Waals surface area (Å²) in [6.07, 6.45) is -0.309. The van der Waals surface area contributed by atoms with E-state index in [0.29, 0.717) is 5.56 Å². The highest BCUT2D eigenvalue weighted by Gasteiger charge is 2.18. The number of ether oxygens (including phenoxy) is 1. The molecule has 3 aromatic carbocycles. The van der Waals surface area contributed by atoms with Crippen molar-refractivity contribution in [1.82, 2.24) is 0 Å². The summed E-state index contributed by atoms with van der Waals surface area (Å²) in [5, 5.41) is 0. The number of hydrogen-bond donors (Lipinski definition) is 0. The van der Waals surface area contributed by atoms with Crippen molar-refractivity contribution in [3.63, 3.8) is 0 Å². The number of Topliss-reactive ketones (excluding diaryl/α,β-unsaturated/α-hetero) is 1. The van der Waals surface area contributed by atoms with Gasteiger partial charge in [0.15, 0.2) is 22.2 Å². The fourth-order valence-electron chi connectivity index (χ4n) is 2.86. The van der Waals surface area contributed by atoms with Gasteiger partial charge in [0.05, 0.1) is 17.1 Å². The second kappa shape index (κ2) is 9.50. The first-order valence-corrected chi connectivity index (χ1v) is 11.1. The first-order valence-electron chi connectivity index (χ1n) is 9.49. The largest absolute Gasteiger partial charge is 0.457 e. The van der Waals surface area contributed by atoms with Gasteiger partial charge in [0.25, 0.3) is 0 Å². The number of sulfone groups is 1. The van der Waals surface area contributed by atoms with Gasteiger partial charge in [-0.25, -0.2) is 8.42 Å². The Kier molecular flexibility index (Phi) is 6.79. The first-order chi connectivity index (χ1) is 14.3. The molecular formula is C24H22O5S. The van der Waals surface area contributed by atoms with E-state index in [4.69, 9.17) is 4.74 Å². The molecule has 30 heavy (non-hydrogen) atoms. The second-order valence-electron chi connectivity index (χ2n) is 6.91. The van der Waals surface area contributed by atoms with Crippen LogP contribution in [0.4, 0.5) is 0 Å². The zero-order chi connectivity index (χ0) is 21.6. The Labute approximate surface area is 176 Å². The molecule has 0 atom stereocenters. The van der Waals surface area contributed by atoms with Crippen LogP contribution >= 0.6 is 0 Å². The summed E-state index contributed by atoms with van der Waals surface area (Å²) in [5.74, 6) is -1.43. The topological polar surface area (TPSA) is 77.5 Å². The monoisotopic (exact) mass is 422 g/mol. The van der Waals surface area contributed by atoms with Crippen molar-refractivity contribution in [2.75, 3.05) is 12.4 Å². The van der Waals surface area contributed by atoms with E-state index in [1.807, 2.05) is 49.4 Å². The zero-order valence-corrected chi connectivity index (χ0v) is 17.4. The van der Waals surface area contributed by atoms with Crippen LogP contribution in [-0.2, 0) is 19.4 Å². The highest BCUT2D eigenvalue weighted by molar-refractivity contribution is 7.91. The smallest absolute Gasteiger partial charge is 0.307 e. The van der Waals surface area contributed by atoms with E-state index in [9.17, 15) is 18.0 Å². The standard InChI is InChI=1S/C24H22O5S/c1-18-7-13-22(14-8-18)30(27,28)16-15-24(26)29-17-23(25)21-11-9-20(10-12-21)19-5-3-2-4-6-19/h2-14H,15-17H2,1H3. The highest BCUT2D eigenvalue weighted by atomic mass is 32.2. The van der Waals surface area contributed by atoms with E-state index < -0.39 is 22.4 Å². The molecule has 3 rings (SSSR count). The predicted octanol–water partition coefficient (Wildman–Crippen LogP) is 4.25. The molecule has 0 unspecified atom stereocenters. The maximum absolute atomic E-state index is 12.3. The Morgan fingerprint density at radius 2 is 1.40 bits per heavy atom. The van der Waals surface area contributed by atoms with Gasteiger partial charge < -0.3 is 4.74 Å². The average Bonchev–Trinajstić information content (AvgIpc) is 2.77. The number of rotatable bonds is 8. The van der Waals surface area contributed by atoms with Crippen molar-refractivity contribution in [2.24, 2.45) is 0 Å².